The van der Waals surface area contributed by atoms with Crippen LogP contribution < -0.4 is 0 Å². The molecule has 0 amide bonds. The highest BCUT2D eigenvalue weighted by Crippen LogP contribution is 2.54. The first-order valence-electron chi connectivity index (χ1n) is 4.03. The van der Waals surface area contributed by atoms with E-state index in [-0.39, 0.29) is 0 Å². The molecule has 0 N–H and O–H groups in total. The molecule has 2 fully saturated rings. The Balaban J connectivity index is 1.90. The summed E-state index contributed by atoms with van der Waals surface area (Å²) in [5, 5.41) is 0. The maximum absolute atomic E-state index is 2.38. The van der Waals surface area contributed by atoms with E-state index in [1.807, 2.05) is 0 Å². The summed E-state index contributed by atoms with van der Waals surface area (Å²) in [5.41, 5.74) is 0. The lowest BCUT2D eigenvalue weighted by Gasteiger charge is -2.02. The van der Waals surface area contributed by atoms with E-state index in [2.05, 4.69) is 19.1 Å². The molecular weight excluding hydrogens is 108 g/mol. The van der Waals surface area contributed by atoms with Gasteiger partial charge in [0.25, 0.3) is 0 Å². The van der Waals surface area contributed by atoms with E-state index in [1.54, 1.807) is 6.42 Å². The Hall–Kier alpha value is -0.260. The van der Waals surface area contributed by atoms with Crippen molar-refractivity contribution in [1.29, 1.82) is 0 Å². The Morgan fingerprint density at radius 2 is 1.78 bits per heavy atom. The molecule has 0 nitrogen and oxygen atoms in total. The largest absolute Gasteiger partial charge is 0.0914 e. The van der Waals surface area contributed by atoms with Gasteiger partial charge in [-0.3, -0.25) is 0 Å². The highest BCUT2D eigenvalue weighted by atomic mass is 14.5. The summed E-state index contributed by atoms with van der Waals surface area (Å²) >= 11 is 0. The van der Waals surface area contributed by atoms with Crippen LogP contribution >= 0.6 is 0 Å². The van der Waals surface area contributed by atoms with Crippen LogP contribution in [0.2, 0.25) is 0 Å². The first-order valence-corrected chi connectivity index (χ1v) is 4.03. The SMILES string of the molecule is C/C=C\C1CC2CC2C1. The topological polar surface area (TPSA) is 0 Å². The van der Waals surface area contributed by atoms with Crippen LogP contribution in [0.1, 0.15) is 26.2 Å². The van der Waals surface area contributed by atoms with Crippen LogP contribution in [0, 0.1) is 17.8 Å². The maximum Gasteiger partial charge on any atom is -0.0228 e. The smallest absolute Gasteiger partial charge is 0.0228 e. The summed E-state index contributed by atoms with van der Waals surface area (Å²) in [6, 6.07) is 0. The second-order valence-corrected chi connectivity index (χ2v) is 3.51. The molecule has 0 bridgehead atoms. The van der Waals surface area contributed by atoms with Gasteiger partial charge in [-0.15, -0.1) is 0 Å². The van der Waals surface area contributed by atoms with Crippen molar-refractivity contribution in [2.24, 2.45) is 17.8 Å². The molecule has 2 rings (SSSR count). The predicted octanol–water partition coefficient (Wildman–Crippen LogP) is 2.61. The zero-order valence-corrected chi connectivity index (χ0v) is 6.01. The standard InChI is InChI=1S/C9H14/c1-2-3-7-4-8-6-9(8)5-7/h2-3,7-9H,4-6H2,1H3/b3-2-. The summed E-state index contributed by atoms with van der Waals surface area (Å²) in [4.78, 5) is 0. The van der Waals surface area contributed by atoms with Gasteiger partial charge in [0.2, 0.25) is 0 Å². The fraction of sp³-hybridized carbons (Fsp3) is 0.778. The van der Waals surface area contributed by atoms with Crippen LogP contribution in [0.4, 0.5) is 0 Å². The summed E-state index contributed by atoms with van der Waals surface area (Å²) in [6.45, 7) is 2.13. The zero-order valence-electron chi connectivity index (χ0n) is 6.01. The molecule has 2 aliphatic carbocycles. The molecule has 0 heteroatoms. The molecule has 2 aliphatic rings. The zero-order chi connectivity index (χ0) is 6.27. The molecular formula is C9H14. The van der Waals surface area contributed by atoms with E-state index in [1.165, 1.54) is 12.8 Å². The van der Waals surface area contributed by atoms with Gasteiger partial charge in [-0.1, -0.05) is 12.2 Å². The molecule has 2 atom stereocenters. The molecule has 0 radical (unpaired) electrons. The quantitative estimate of drug-likeness (QED) is 0.469. The third-order valence-corrected chi connectivity index (χ3v) is 2.74. The summed E-state index contributed by atoms with van der Waals surface area (Å²) < 4.78 is 0. The Morgan fingerprint density at radius 3 is 2.33 bits per heavy atom. The first kappa shape index (κ1) is 5.52. The Kier molecular flexibility index (Phi) is 1.14. The number of hydrogen-bond acceptors (Lipinski definition) is 0. The van der Waals surface area contributed by atoms with E-state index in [4.69, 9.17) is 0 Å². The fourth-order valence-electron chi connectivity index (χ4n) is 2.19. The molecule has 0 aromatic rings. The third kappa shape index (κ3) is 0.910. The Labute approximate surface area is 57.0 Å². The van der Waals surface area contributed by atoms with Gasteiger partial charge < -0.3 is 0 Å². The van der Waals surface area contributed by atoms with E-state index >= 15 is 0 Å². The van der Waals surface area contributed by atoms with Crippen molar-refractivity contribution in [3.8, 4) is 0 Å². The number of hydrogen-bond donors (Lipinski definition) is 0. The van der Waals surface area contributed by atoms with Crippen LogP contribution in [0.25, 0.3) is 0 Å². The van der Waals surface area contributed by atoms with Gasteiger partial charge in [-0.05, 0) is 43.9 Å². The molecule has 2 unspecified atom stereocenters. The van der Waals surface area contributed by atoms with Gasteiger partial charge in [0.1, 0.15) is 0 Å². The number of rotatable bonds is 1. The number of allylic oxidation sites excluding steroid dienone is 2. The van der Waals surface area contributed by atoms with Crippen molar-refractivity contribution in [2.45, 2.75) is 26.2 Å². The average Bonchev–Trinajstić information content (AvgIpc) is 2.42. The van der Waals surface area contributed by atoms with Crippen LogP contribution in [0.5, 0.6) is 0 Å². The van der Waals surface area contributed by atoms with Crippen molar-refractivity contribution in [2.75, 3.05) is 0 Å². The average molecular weight is 122 g/mol. The molecule has 0 aromatic carbocycles. The Bertz CT molecular complexity index is 125. The molecule has 50 valence electrons. The van der Waals surface area contributed by atoms with Gasteiger partial charge in [0.15, 0.2) is 0 Å². The van der Waals surface area contributed by atoms with Gasteiger partial charge in [-0.2, -0.15) is 0 Å². The molecule has 0 heterocycles. The molecule has 9 heavy (non-hydrogen) atoms. The van der Waals surface area contributed by atoms with Gasteiger partial charge >= 0.3 is 0 Å². The van der Waals surface area contributed by atoms with Crippen LogP contribution in [0.3, 0.4) is 0 Å². The minimum Gasteiger partial charge on any atom is -0.0914 e. The second kappa shape index (κ2) is 1.86. The van der Waals surface area contributed by atoms with Crippen molar-refractivity contribution in [1.82, 2.24) is 0 Å². The molecule has 0 aromatic heterocycles. The summed E-state index contributed by atoms with van der Waals surface area (Å²) in [5.74, 6) is 3.25. The lowest BCUT2D eigenvalue weighted by atomic mass is 10.0. The van der Waals surface area contributed by atoms with Crippen LogP contribution in [0.15, 0.2) is 12.2 Å². The van der Waals surface area contributed by atoms with Gasteiger partial charge in [0, 0.05) is 0 Å². The van der Waals surface area contributed by atoms with Crippen molar-refractivity contribution in [3.05, 3.63) is 12.2 Å². The lowest BCUT2D eigenvalue weighted by molar-refractivity contribution is 0.591. The fourth-order valence-corrected chi connectivity index (χ4v) is 2.19. The van der Waals surface area contributed by atoms with Crippen LogP contribution in [-0.2, 0) is 0 Å². The molecule has 0 aliphatic heterocycles. The van der Waals surface area contributed by atoms with Crippen molar-refractivity contribution < 1.29 is 0 Å². The normalized spacial score (nSPS) is 47.9. The minimum absolute atomic E-state index is 0.957. The third-order valence-electron chi connectivity index (χ3n) is 2.74. The number of fused-ring (bicyclic) bond motifs is 1. The summed E-state index contributed by atoms with van der Waals surface area (Å²) in [7, 11) is 0. The van der Waals surface area contributed by atoms with E-state index < -0.39 is 0 Å². The predicted molar refractivity (Wildman–Crippen MR) is 39.1 cm³/mol. The first-order chi connectivity index (χ1) is 4.40. The van der Waals surface area contributed by atoms with Gasteiger partial charge in [-0.25, -0.2) is 0 Å². The Morgan fingerprint density at radius 1 is 1.11 bits per heavy atom. The minimum atomic E-state index is 0.957. The van der Waals surface area contributed by atoms with E-state index in [9.17, 15) is 0 Å². The monoisotopic (exact) mass is 122 g/mol. The maximum atomic E-state index is 2.38. The van der Waals surface area contributed by atoms with Crippen molar-refractivity contribution >= 4 is 0 Å². The molecule has 0 spiro atoms. The second-order valence-electron chi connectivity index (χ2n) is 3.51. The van der Waals surface area contributed by atoms with E-state index in [0.29, 0.717) is 0 Å². The highest BCUT2D eigenvalue weighted by molar-refractivity contribution is 5.02. The van der Waals surface area contributed by atoms with E-state index in [0.717, 1.165) is 17.8 Å². The highest BCUT2D eigenvalue weighted by Gasteiger charge is 2.44. The van der Waals surface area contributed by atoms with Crippen molar-refractivity contribution in [3.63, 3.8) is 0 Å². The summed E-state index contributed by atoms with van der Waals surface area (Å²) in [6.07, 6.45) is 9.12. The molecule has 0 saturated heterocycles. The van der Waals surface area contributed by atoms with Crippen LogP contribution in [-0.4, -0.2) is 0 Å². The lowest BCUT2D eigenvalue weighted by Crippen LogP contribution is -1.89. The molecule has 2 saturated carbocycles. The van der Waals surface area contributed by atoms with Gasteiger partial charge in [0.05, 0.1) is 0 Å².